The fourth-order valence-corrected chi connectivity index (χ4v) is 21.3. The van der Waals surface area contributed by atoms with Gasteiger partial charge in [-0.1, -0.05) is 0 Å². The molecule has 0 atom stereocenters. The van der Waals surface area contributed by atoms with Crippen LogP contribution >= 0.6 is 0 Å². The van der Waals surface area contributed by atoms with E-state index in [9.17, 15) is 0 Å². The first-order chi connectivity index (χ1) is 11.8. The molecule has 0 N–H and O–H groups in total. The molecular formula is C22H48OSiSn. The fourth-order valence-electron chi connectivity index (χ4n) is 3.73. The Balaban J connectivity index is 5.02. The SMILES string of the molecule is CCCC[Si](C)(C)OCC(C)=[CH][Sn]([CH2]CCC)([CH2]CCC)[CH2]CCC. The van der Waals surface area contributed by atoms with Crippen LogP contribution in [0.4, 0.5) is 0 Å². The quantitative estimate of drug-likeness (QED) is 0.204. The minimum absolute atomic E-state index is 0.909. The van der Waals surface area contributed by atoms with E-state index in [1.807, 2.05) is 0 Å². The first-order valence-electron chi connectivity index (χ1n) is 11.2. The van der Waals surface area contributed by atoms with E-state index in [4.69, 9.17) is 4.43 Å². The predicted molar refractivity (Wildman–Crippen MR) is 122 cm³/mol. The van der Waals surface area contributed by atoms with Crippen LogP contribution in [-0.4, -0.2) is 33.3 Å². The molecule has 0 aliphatic carbocycles. The molecule has 0 unspecified atom stereocenters. The van der Waals surface area contributed by atoms with Gasteiger partial charge in [-0.15, -0.1) is 0 Å². The Morgan fingerprint density at radius 3 is 1.64 bits per heavy atom. The number of unbranched alkanes of at least 4 members (excludes halogenated alkanes) is 4. The predicted octanol–water partition coefficient (Wildman–Crippen LogP) is 8.34. The summed E-state index contributed by atoms with van der Waals surface area (Å²) >= 11 is -2.14. The normalized spacial score (nSPS) is 13.5. The Hall–Kier alpha value is 0.716. The van der Waals surface area contributed by atoms with E-state index in [0.29, 0.717) is 0 Å². The van der Waals surface area contributed by atoms with Gasteiger partial charge < -0.3 is 0 Å². The molecule has 0 rings (SSSR count). The number of hydrogen-bond acceptors (Lipinski definition) is 1. The van der Waals surface area contributed by atoms with Crippen molar-refractivity contribution in [2.45, 2.75) is 118 Å². The van der Waals surface area contributed by atoms with Crippen molar-refractivity contribution in [3.8, 4) is 0 Å². The summed E-state index contributed by atoms with van der Waals surface area (Å²) in [7, 11) is -1.46. The van der Waals surface area contributed by atoms with Gasteiger partial charge >= 0.3 is 166 Å². The third-order valence-electron chi connectivity index (χ3n) is 5.46. The molecule has 0 aliphatic rings. The summed E-state index contributed by atoms with van der Waals surface area (Å²) in [5.41, 5.74) is 1.57. The molecule has 25 heavy (non-hydrogen) atoms. The maximum atomic E-state index is 6.46. The van der Waals surface area contributed by atoms with E-state index in [1.54, 1.807) is 18.9 Å². The van der Waals surface area contributed by atoms with Crippen LogP contribution in [0.15, 0.2) is 9.67 Å². The zero-order valence-corrected chi connectivity index (χ0v) is 22.5. The summed E-state index contributed by atoms with van der Waals surface area (Å²) in [6.45, 7) is 17.4. The van der Waals surface area contributed by atoms with Crippen molar-refractivity contribution in [2.24, 2.45) is 0 Å². The van der Waals surface area contributed by atoms with Gasteiger partial charge in [-0.3, -0.25) is 0 Å². The van der Waals surface area contributed by atoms with Gasteiger partial charge in [-0.05, 0) is 0 Å². The average molecular weight is 475 g/mol. The summed E-state index contributed by atoms with van der Waals surface area (Å²) in [5, 5.41) is 0. The van der Waals surface area contributed by atoms with E-state index in [2.05, 4.69) is 51.8 Å². The molecule has 0 amide bonds. The average Bonchev–Trinajstić information content (AvgIpc) is 2.59. The Morgan fingerprint density at radius 2 is 1.24 bits per heavy atom. The summed E-state index contributed by atoms with van der Waals surface area (Å²) in [6.07, 6.45) is 11.0. The van der Waals surface area contributed by atoms with Crippen LogP contribution in [0.5, 0.6) is 0 Å². The summed E-state index contributed by atoms with van der Waals surface area (Å²) < 4.78 is 14.0. The van der Waals surface area contributed by atoms with Crippen LogP contribution in [0.1, 0.15) is 86.0 Å². The molecule has 0 saturated heterocycles. The second-order valence-electron chi connectivity index (χ2n) is 8.82. The van der Waals surface area contributed by atoms with E-state index in [-0.39, 0.29) is 0 Å². The van der Waals surface area contributed by atoms with Gasteiger partial charge in [0.2, 0.25) is 0 Å². The van der Waals surface area contributed by atoms with Crippen molar-refractivity contribution in [1.82, 2.24) is 0 Å². The molecule has 3 heteroatoms. The summed E-state index contributed by atoms with van der Waals surface area (Å²) in [6, 6.07) is 1.31. The fraction of sp³-hybridized carbons (Fsp3) is 0.909. The van der Waals surface area contributed by atoms with E-state index >= 15 is 0 Å². The van der Waals surface area contributed by atoms with Gasteiger partial charge in [-0.25, -0.2) is 0 Å². The van der Waals surface area contributed by atoms with Crippen molar-refractivity contribution in [2.75, 3.05) is 6.61 Å². The Kier molecular flexibility index (Phi) is 15.2. The molecule has 0 heterocycles. The molecule has 0 spiro atoms. The molecule has 0 aromatic heterocycles. The molecule has 0 bridgehead atoms. The second kappa shape index (κ2) is 14.7. The Morgan fingerprint density at radius 1 is 0.800 bits per heavy atom. The van der Waals surface area contributed by atoms with Gasteiger partial charge in [0, 0.05) is 0 Å². The Bertz CT molecular complexity index is 330. The van der Waals surface area contributed by atoms with Crippen molar-refractivity contribution in [3.63, 3.8) is 0 Å². The van der Waals surface area contributed by atoms with Crippen molar-refractivity contribution in [1.29, 1.82) is 0 Å². The van der Waals surface area contributed by atoms with Crippen LogP contribution in [0.3, 0.4) is 0 Å². The van der Waals surface area contributed by atoms with E-state index in [1.165, 1.54) is 57.4 Å². The zero-order chi connectivity index (χ0) is 19.2. The minimum atomic E-state index is -2.14. The topological polar surface area (TPSA) is 9.23 Å². The van der Waals surface area contributed by atoms with Gasteiger partial charge in [-0.2, -0.15) is 0 Å². The van der Waals surface area contributed by atoms with Crippen LogP contribution in [0.25, 0.3) is 0 Å². The number of rotatable bonds is 16. The van der Waals surface area contributed by atoms with Crippen LogP contribution in [0.2, 0.25) is 32.4 Å². The molecule has 0 saturated carbocycles. The van der Waals surface area contributed by atoms with Gasteiger partial charge in [0.25, 0.3) is 0 Å². The number of hydrogen-bond donors (Lipinski definition) is 0. The van der Waals surface area contributed by atoms with Crippen molar-refractivity contribution >= 4 is 26.7 Å². The monoisotopic (exact) mass is 476 g/mol. The van der Waals surface area contributed by atoms with Crippen LogP contribution < -0.4 is 0 Å². The van der Waals surface area contributed by atoms with E-state index in [0.717, 1.165) is 6.61 Å². The molecule has 1 nitrogen and oxygen atoms in total. The molecule has 0 aliphatic heterocycles. The van der Waals surface area contributed by atoms with Gasteiger partial charge in [0.05, 0.1) is 0 Å². The molecule has 150 valence electrons. The standard InChI is InChI=1S/C10H21OSi.3C4H9.Sn/c1-6-7-8-12(4,5)11-9-10(2)3;3*1-3-4-2;/h2H,6-9H2,1,3-5H3;3*1,3-4H2,2H3;. The molecule has 0 fully saturated rings. The van der Waals surface area contributed by atoms with Crippen molar-refractivity contribution in [3.05, 3.63) is 9.67 Å². The zero-order valence-electron chi connectivity index (χ0n) is 18.7. The summed E-state index contributed by atoms with van der Waals surface area (Å²) in [4.78, 5) is 0. The Labute approximate surface area is 165 Å². The molecule has 0 aromatic rings. The summed E-state index contributed by atoms with van der Waals surface area (Å²) in [5.74, 6) is 0. The van der Waals surface area contributed by atoms with Gasteiger partial charge in [0.15, 0.2) is 0 Å². The maximum absolute atomic E-state index is 6.46. The first-order valence-corrected chi connectivity index (χ1v) is 22.0. The van der Waals surface area contributed by atoms with Crippen LogP contribution in [0, 0.1) is 0 Å². The second-order valence-corrected chi connectivity index (χ2v) is 26.0. The third kappa shape index (κ3) is 12.7. The van der Waals surface area contributed by atoms with E-state index < -0.39 is 26.7 Å². The first kappa shape index (κ1) is 25.7. The molecule has 0 radical (unpaired) electrons. The van der Waals surface area contributed by atoms with Gasteiger partial charge in [0.1, 0.15) is 0 Å². The third-order valence-corrected chi connectivity index (χ3v) is 22.7. The van der Waals surface area contributed by atoms with Crippen LogP contribution in [-0.2, 0) is 4.43 Å². The molecule has 0 aromatic carbocycles. The van der Waals surface area contributed by atoms with Crippen molar-refractivity contribution < 1.29 is 4.43 Å². The molecular weight excluding hydrogens is 427 g/mol.